The minimum atomic E-state index is -0.217. The van der Waals surface area contributed by atoms with Gasteiger partial charge in [0.15, 0.2) is 0 Å². The van der Waals surface area contributed by atoms with Crippen LogP contribution in [-0.2, 0) is 0 Å². The highest BCUT2D eigenvalue weighted by molar-refractivity contribution is 6.05. The fourth-order valence-corrected chi connectivity index (χ4v) is 3.25. The molecule has 2 aromatic carbocycles. The molecule has 1 aromatic heterocycles. The second-order valence-corrected chi connectivity index (χ2v) is 7.18. The molecule has 3 aromatic rings. The van der Waals surface area contributed by atoms with E-state index in [0.29, 0.717) is 46.2 Å². The van der Waals surface area contributed by atoms with E-state index < -0.39 is 0 Å². The Bertz CT molecular complexity index is 1120. The van der Waals surface area contributed by atoms with Crippen LogP contribution in [0.25, 0.3) is 11.3 Å². The summed E-state index contributed by atoms with van der Waals surface area (Å²) in [7, 11) is 1.58. The SMILES string of the molecule is CCC(=N)c1ccc(-c2cc(NC(=O)c3cc(C)cc(OC)c3)ccc2C)nc1N. The molecule has 0 atom stereocenters. The molecule has 0 saturated heterocycles. The summed E-state index contributed by atoms with van der Waals surface area (Å²) in [4.78, 5) is 17.2. The third-order valence-corrected chi connectivity index (χ3v) is 4.92. The molecule has 0 aliphatic carbocycles. The number of anilines is 2. The maximum absolute atomic E-state index is 12.7. The number of pyridine rings is 1. The number of hydrogen-bond donors (Lipinski definition) is 3. The van der Waals surface area contributed by atoms with Gasteiger partial charge in [-0.3, -0.25) is 4.79 Å². The third-order valence-electron chi connectivity index (χ3n) is 4.92. The van der Waals surface area contributed by atoms with Crippen LogP contribution in [0, 0.1) is 19.3 Å². The summed E-state index contributed by atoms with van der Waals surface area (Å²) in [5, 5.41) is 10.9. The van der Waals surface area contributed by atoms with Crippen molar-refractivity contribution in [3.63, 3.8) is 0 Å². The first-order chi connectivity index (χ1) is 14.3. The van der Waals surface area contributed by atoms with Crippen LogP contribution in [0.15, 0.2) is 48.5 Å². The van der Waals surface area contributed by atoms with Crippen molar-refractivity contribution in [3.8, 4) is 17.0 Å². The number of ether oxygens (including phenoxy) is 1. The molecule has 0 unspecified atom stereocenters. The van der Waals surface area contributed by atoms with E-state index in [0.717, 1.165) is 16.7 Å². The molecule has 0 spiro atoms. The van der Waals surface area contributed by atoms with Gasteiger partial charge in [0, 0.05) is 28.1 Å². The molecule has 0 aliphatic rings. The predicted octanol–water partition coefficient (Wildman–Crippen LogP) is 4.99. The second-order valence-electron chi connectivity index (χ2n) is 7.18. The van der Waals surface area contributed by atoms with Crippen molar-refractivity contribution in [2.75, 3.05) is 18.2 Å². The number of amides is 1. The zero-order valence-corrected chi connectivity index (χ0v) is 17.7. The van der Waals surface area contributed by atoms with Crippen LogP contribution in [0.3, 0.4) is 0 Å². The molecule has 0 radical (unpaired) electrons. The molecule has 6 nitrogen and oxygen atoms in total. The minimum Gasteiger partial charge on any atom is -0.497 e. The Balaban J connectivity index is 1.91. The number of aryl methyl sites for hydroxylation is 2. The lowest BCUT2D eigenvalue weighted by molar-refractivity contribution is 0.102. The number of nitrogens with two attached hydrogens (primary N) is 1. The van der Waals surface area contributed by atoms with Crippen molar-refractivity contribution in [1.29, 1.82) is 5.41 Å². The number of rotatable bonds is 6. The molecule has 1 heterocycles. The van der Waals surface area contributed by atoms with Crippen LogP contribution in [0.4, 0.5) is 11.5 Å². The molecule has 154 valence electrons. The van der Waals surface area contributed by atoms with Crippen LogP contribution in [0.2, 0.25) is 0 Å². The van der Waals surface area contributed by atoms with Gasteiger partial charge in [0.05, 0.1) is 12.8 Å². The van der Waals surface area contributed by atoms with Gasteiger partial charge in [-0.1, -0.05) is 13.0 Å². The third kappa shape index (κ3) is 4.49. The van der Waals surface area contributed by atoms with Gasteiger partial charge in [-0.15, -0.1) is 0 Å². The van der Waals surface area contributed by atoms with Gasteiger partial charge >= 0.3 is 0 Å². The highest BCUT2D eigenvalue weighted by Gasteiger charge is 2.13. The standard InChI is InChI=1S/C24H26N4O2/c1-5-21(25)19-8-9-22(28-23(19)26)20-13-17(7-6-15(20)3)27-24(29)16-10-14(2)11-18(12-16)30-4/h6-13,25H,5H2,1-4H3,(H2,26,28)(H,27,29). The monoisotopic (exact) mass is 402 g/mol. The zero-order chi connectivity index (χ0) is 21.8. The van der Waals surface area contributed by atoms with Gasteiger partial charge in [0.2, 0.25) is 0 Å². The summed E-state index contributed by atoms with van der Waals surface area (Å²) in [5.41, 5.74) is 11.9. The molecule has 0 aliphatic heterocycles. The van der Waals surface area contributed by atoms with Gasteiger partial charge in [0.1, 0.15) is 11.6 Å². The van der Waals surface area contributed by atoms with Crippen molar-refractivity contribution in [3.05, 3.63) is 70.8 Å². The van der Waals surface area contributed by atoms with E-state index in [1.54, 1.807) is 13.2 Å². The lowest BCUT2D eigenvalue weighted by Gasteiger charge is -2.13. The Labute approximate surface area is 176 Å². The average Bonchev–Trinajstić information content (AvgIpc) is 2.73. The lowest BCUT2D eigenvalue weighted by atomic mass is 10.0. The van der Waals surface area contributed by atoms with Crippen molar-refractivity contribution in [2.24, 2.45) is 0 Å². The van der Waals surface area contributed by atoms with Gasteiger partial charge in [-0.2, -0.15) is 0 Å². The quantitative estimate of drug-likeness (QED) is 0.506. The number of benzene rings is 2. The van der Waals surface area contributed by atoms with Crippen molar-refractivity contribution in [2.45, 2.75) is 27.2 Å². The van der Waals surface area contributed by atoms with Crippen molar-refractivity contribution < 1.29 is 9.53 Å². The maximum Gasteiger partial charge on any atom is 0.255 e. The van der Waals surface area contributed by atoms with E-state index in [1.165, 1.54) is 0 Å². The molecule has 4 N–H and O–H groups in total. The molecule has 0 saturated carbocycles. The molecule has 1 amide bonds. The van der Waals surface area contributed by atoms with Crippen LogP contribution in [0.5, 0.6) is 5.75 Å². The largest absolute Gasteiger partial charge is 0.497 e. The molecular formula is C24H26N4O2. The number of nitrogens with one attached hydrogen (secondary N) is 2. The Morgan fingerprint density at radius 2 is 1.90 bits per heavy atom. The normalized spacial score (nSPS) is 10.5. The highest BCUT2D eigenvalue weighted by Crippen LogP contribution is 2.28. The summed E-state index contributed by atoms with van der Waals surface area (Å²) in [5.74, 6) is 0.758. The van der Waals surface area contributed by atoms with E-state index in [9.17, 15) is 4.79 Å². The van der Waals surface area contributed by atoms with E-state index in [4.69, 9.17) is 15.9 Å². The predicted molar refractivity (Wildman–Crippen MR) is 122 cm³/mol. The summed E-state index contributed by atoms with van der Waals surface area (Å²) >= 11 is 0. The number of carbonyl (C=O) groups is 1. The topological polar surface area (TPSA) is 101 Å². The summed E-state index contributed by atoms with van der Waals surface area (Å²) < 4.78 is 5.26. The average molecular weight is 402 g/mol. The minimum absolute atomic E-state index is 0.217. The van der Waals surface area contributed by atoms with Gasteiger partial charge in [-0.05, 0) is 73.9 Å². The zero-order valence-electron chi connectivity index (χ0n) is 17.7. The van der Waals surface area contributed by atoms with Crippen molar-refractivity contribution in [1.82, 2.24) is 4.98 Å². The van der Waals surface area contributed by atoms with E-state index >= 15 is 0 Å². The van der Waals surface area contributed by atoms with E-state index in [2.05, 4.69) is 10.3 Å². The first-order valence-electron chi connectivity index (χ1n) is 9.74. The Morgan fingerprint density at radius 3 is 2.57 bits per heavy atom. The molecule has 0 fully saturated rings. The van der Waals surface area contributed by atoms with Crippen LogP contribution < -0.4 is 15.8 Å². The first kappa shape index (κ1) is 21.0. The van der Waals surface area contributed by atoms with Crippen LogP contribution in [-0.4, -0.2) is 23.7 Å². The van der Waals surface area contributed by atoms with Crippen LogP contribution in [0.1, 0.15) is 40.4 Å². The Hall–Kier alpha value is -3.67. The number of nitrogen functional groups attached to an aromatic ring is 1. The molecular weight excluding hydrogens is 376 g/mol. The fourth-order valence-electron chi connectivity index (χ4n) is 3.25. The number of methoxy groups -OCH3 is 1. The van der Waals surface area contributed by atoms with E-state index in [-0.39, 0.29) is 5.91 Å². The molecule has 0 bridgehead atoms. The Kier molecular flexibility index (Phi) is 6.16. The second kappa shape index (κ2) is 8.78. The highest BCUT2D eigenvalue weighted by atomic mass is 16.5. The van der Waals surface area contributed by atoms with Crippen molar-refractivity contribution >= 4 is 23.1 Å². The number of carbonyl (C=O) groups excluding carboxylic acids is 1. The Morgan fingerprint density at radius 1 is 1.13 bits per heavy atom. The summed E-state index contributed by atoms with van der Waals surface area (Å²) in [6.45, 7) is 5.81. The number of hydrogen-bond acceptors (Lipinski definition) is 5. The lowest BCUT2D eigenvalue weighted by Crippen LogP contribution is -2.12. The smallest absolute Gasteiger partial charge is 0.255 e. The maximum atomic E-state index is 12.7. The molecule has 6 heteroatoms. The van der Waals surface area contributed by atoms with Gasteiger partial charge in [-0.25, -0.2) is 4.98 Å². The fraction of sp³-hybridized carbons (Fsp3) is 0.208. The van der Waals surface area contributed by atoms with E-state index in [1.807, 2.05) is 63.2 Å². The van der Waals surface area contributed by atoms with Gasteiger partial charge in [0.25, 0.3) is 5.91 Å². The number of nitrogens with zero attached hydrogens (tertiary/aromatic N) is 1. The molecule has 30 heavy (non-hydrogen) atoms. The number of aromatic nitrogens is 1. The molecule has 3 rings (SSSR count). The summed E-state index contributed by atoms with van der Waals surface area (Å²) in [6.07, 6.45) is 0.593. The first-order valence-corrected chi connectivity index (χ1v) is 9.74. The van der Waals surface area contributed by atoms with Gasteiger partial charge < -0.3 is 21.2 Å². The summed E-state index contributed by atoms with van der Waals surface area (Å²) in [6, 6.07) is 14.8. The van der Waals surface area contributed by atoms with Crippen LogP contribution >= 0.6 is 0 Å².